The fourth-order valence-electron chi connectivity index (χ4n) is 4.82. The van der Waals surface area contributed by atoms with Gasteiger partial charge >= 0.3 is 0 Å². The number of fused-ring (bicyclic) bond motifs is 2. The number of imide groups is 1. The third kappa shape index (κ3) is 3.73. The van der Waals surface area contributed by atoms with Crippen LogP contribution in [0, 0.1) is 0 Å². The van der Waals surface area contributed by atoms with Crippen molar-refractivity contribution in [2.45, 2.75) is 49.1 Å². The lowest BCUT2D eigenvalue weighted by Gasteiger charge is -2.33. The van der Waals surface area contributed by atoms with Crippen molar-refractivity contribution in [3.8, 4) is 11.5 Å². The third-order valence-electron chi connectivity index (χ3n) is 6.62. The van der Waals surface area contributed by atoms with E-state index in [4.69, 9.17) is 15.2 Å². The van der Waals surface area contributed by atoms with Crippen LogP contribution in [0.25, 0.3) is 0 Å². The van der Waals surface area contributed by atoms with Gasteiger partial charge in [-0.15, -0.1) is 11.8 Å². The smallest absolute Gasteiger partial charge is 0.231 e. The minimum Gasteiger partial charge on any atom is -0.454 e. The summed E-state index contributed by atoms with van der Waals surface area (Å²) in [6, 6.07) is 10.7. The number of benzene rings is 2. The molecule has 3 aliphatic heterocycles. The summed E-state index contributed by atoms with van der Waals surface area (Å²) in [6.45, 7) is 1.92. The zero-order valence-corrected chi connectivity index (χ0v) is 19.5. The molecule has 2 unspecified atom stereocenters. The molecule has 1 fully saturated rings. The van der Waals surface area contributed by atoms with Crippen LogP contribution in [0.4, 0.5) is 0 Å². The number of piperidine rings is 1. The van der Waals surface area contributed by atoms with E-state index in [0.29, 0.717) is 53.0 Å². The number of carbonyl (C=O) groups is 4. The second-order valence-corrected chi connectivity index (χ2v) is 10.4. The molecule has 0 bridgehead atoms. The minimum atomic E-state index is -1.18. The van der Waals surface area contributed by atoms with Crippen LogP contribution in [0.3, 0.4) is 0 Å². The Kier molecular flexibility index (Phi) is 5.59. The molecule has 3 aliphatic rings. The van der Waals surface area contributed by atoms with E-state index in [-0.39, 0.29) is 37.4 Å². The Morgan fingerprint density at radius 1 is 1.12 bits per heavy atom. The number of rotatable bonds is 4. The first-order chi connectivity index (χ1) is 16.3. The van der Waals surface area contributed by atoms with Crippen molar-refractivity contribution in [1.29, 1.82) is 0 Å². The number of ether oxygens (including phenoxy) is 2. The minimum absolute atomic E-state index is 0.0679. The van der Waals surface area contributed by atoms with Crippen LogP contribution in [-0.2, 0) is 32.1 Å². The predicted octanol–water partition coefficient (Wildman–Crippen LogP) is 2.70. The Labute approximate surface area is 200 Å². The third-order valence-corrected chi connectivity index (χ3v) is 8.18. The number of hydrogen-bond donors (Lipinski definition) is 1. The number of thioether (sulfide) groups is 1. The molecule has 1 saturated heterocycles. The second-order valence-electron chi connectivity index (χ2n) is 8.82. The van der Waals surface area contributed by atoms with Crippen LogP contribution in [0.2, 0.25) is 0 Å². The van der Waals surface area contributed by atoms with Crippen LogP contribution in [-0.4, -0.2) is 40.4 Å². The van der Waals surface area contributed by atoms with Crippen molar-refractivity contribution < 1.29 is 28.7 Å². The van der Waals surface area contributed by atoms with Gasteiger partial charge in [-0.25, -0.2) is 0 Å². The van der Waals surface area contributed by atoms with Gasteiger partial charge in [-0.2, -0.15) is 0 Å². The summed E-state index contributed by atoms with van der Waals surface area (Å²) in [4.78, 5) is 52.7. The molecule has 0 radical (unpaired) electrons. The van der Waals surface area contributed by atoms with Gasteiger partial charge in [0.25, 0.3) is 0 Å². The molecule has 5 rings (SSSR count). The average molecular weight is 481 g/mol. The highest BCUT2D eigenvalue weighted by Gasteiger charge is 2.45. The van der Waals surface area contributed by atoms with E-state index in [1.165, 1.54) is 16.7 Å². The van der Waals surface area contributed by atoms with Crippen molar-refractivity contribution in [1.82, 2.24) is 4.90 Å². The van der Waals surface area contributed by atoms with Gasteiger partial charge in [0.05, 0.1) is 11.8 Å². The number of primary amides is 1. The van der Waals surface area contributed by atoms with Gasteiger partial charge in [0.15, 0.2) is 17.3 Å². The standard InChI is InChI=1S/C25H24N2O6S/c1-25(17-6-3-2-5-14(17)12-27-21(28)7-4-8-22(27)29)23(30)16-11-19-18(32-13-33-19)9-15(16)10-20(34-25)24(26)31/h2-3,5-6,9,11,20H,4,7-8,10,12-13H2,1H3,(H2,26,31). The summed E-state index contributed by atoms with van der Waals surface area (Å²) in [5.41, 5.74) is 8.20. The van der Waals surface area contributed by atoms with Gasteiger partial charge in [0, 0.05) is 18.4 Å². The summed E-state index contributed by atoms with van der Waals surface area (Å²) in [7, 11) is 0. The van der Waals surface area contributed by atoms with Gasteiger partial charge < -0.3 is 15.2 Å². The number of amides is 3. The monoisotopic (exact) mass is 480 g/mol. The number of hydrogen-bond acceptors (Lipinski definition) is 7. The molecule has 176 valence electrons. The van der Waals surface area contributed by atoms with E-state index < -0.39 is 15.9 Å². The molecule has 3 heterocycles. The van der Waals surface area contributed by atoms with Gasteiger partial charge in [-0.1, -0.05) is 24.3 Å². The molecule has 0 saturated carbocycles. The Balaban J connectivity index is 1.61. The maximum atomic E-state index is 14.1. The molecule has 9 heteroatoms. The molecule has 0 spiro atoms. The lowest BCUT2D eigenvalue weighted by Crippen LogP contribution is -2.41. The van der Waals surface area contributed by atoms with Crippen molar-refractivity contribution in [2.24, 2.45) is 5.73 Å². The lowest BCUT2D eigenvalue weighted by molar-refractivity contribution is -0.148. The van der Waals surface area contributed by atoms with Crippen LogP contribution in [0.1, 0.15) is 53.2 Å². The molecule has 8 nitrogen and oxygen atoms in total. The zero-order valence-electron chi connectivity index (χ0n) is 18.7. The Hall–Kier alpha value is -3.33. The van der Waals surface area contributed by atoms with Crippen LogP contribution >= 0.6 is 11.8 Å². The molecule has 0 aliphatic carbocycles. The van der Waals surface area contributed by atoms with Gasteiger partial charge in [-0.3, -0.25) is 24.1 Å². The van der Waals surface area contributed by atoms with Crippen molar-refractivity contribution in [2.75, 3.05) is 6.79 Å². The Bertz CT molecular complexity index is 1210. The molecular formula is C25H24N2O6S. The highest BCUT2D eigenvalue weighted by Crippen LogP contribution is 2.49. The quantitative estimate of drug-likeness (QED) is 0.669. The van der Waals surface area contributed by atoms with Crippen molar-refractivity contribution in [3.63, 3.8) is 0 Å². The molecule has 2 N–H and O–H groups in total. The highest BCUT2D eigenvalue weighted by molar-refractivity contribution is 8.02. The van der Waals surface area contributed by atoms with E-state index >= 15 is 0 Å². The summed E-state index contributed by atoms with van der Waals surface area (Å²) in [6.07, 6.45) is 1.47. The number of carbonyl (C=O) groups excluding carboxylic acids is 4. The van der Waals surface area contributed by atoms with E-state index in [1.807, 2.05) is 24.3 Å². The maximum Gasteiger partial charge on any atom is 0.231 e. The molecule has 34 heavy (non-hydrogen) atoms. The SMILES string of the molecule is CC1(c2ccccc2CN2C(=O)CCCC2=O)SC(C(N)=O)Cc2cc3c(cc2C1=O)OCO3. The Morgan fingerprint density at radius 2 is 1.79 bits per heavy atom. The number of Topliss-reactive ketones (excluding diaryl/α,β-unsaturated/α-hetero) is 1. The van der Waals surface area contributed by atoms with E-state index in [9.17, 15) is 19.2 Å². The van der Waals surface area contributed by atoms with Crippen molar-refractivity contribution >= 4 is 35.3 Å². The van der Waals surface area contributed by atoms with Crippen LogP contribution in [0.5, 0.6) is 11.5 Å². The summed E-state index contributed by atoms with van der Waals surface area (Å²) < 4.78 is 9.78. The fourth-order valence-corrected chi connectivity index (χ4v) is 6.31. The lowest BCUT2D eigenvalue weighted by atomic mass is 9.85. The fraction of sp³-hybridized carbons (Fsp3) is 0.360. The number of ketones is 1. The summed E-state index contributed by atoms with van der Waals surface area (Å²) in [5, 5.41) is -0.665. The molecule has 2 aromatic rings. The number of likely N-dealkylation sites (tertiary alicyclic amines) is 1. The average Bonchev–Trinajstić information content (AvgIpc) is 3.23. The zero-order chi connectivity index (χ0) is 24.0. The number of nitrogens with two attached hydrogens (primary N) is 1. The summed E-state index contributed by atoms with van der Waals surface area (Å²) >= 11 is 1.20. The van der Waals surface area contributed by atoms with E-state index in [0.717, 1.165) is 0 Å². The first-order valence-electron chi connectivity index (χ1n) is 11.1. The van der Waals surface area contributed by atoms with E-state index in [2.05, 4.69) is 0 Å². The van der Waals surface area contributed by atoms with E-state index in [1.54, 1.807) is 19.1 Å². The van der Waals surface area contributed by atoms with Gasteiger partial charge in [0.1, 0.15) is 4.75 Å². The molecule has 0 aromatic heterocycles. The van der Waals surface area contributed by atoms with Gasteiger partial charge in [0.2, 0.25) is 24.5 Å². The maximum absolute atomic E-state index is 14.1. The predicted molar refractivity (Wildman–Crippen MR) is 124 cm³/mol. The topological polar surface area (TPSA) is 116 Å². The molecular weight excluding hydrogens is 456 g/mol. The first-order valence-corrected chi connectivity index (χ1v) is 12.0. The first kappa shape index (κ1) is 22.5. The van der Waals surface area contributed by atoms with Crippen LogP contribution in [0.15, 0.2) is 36.4 Å². The largest absolute Gasteiger partial charge is 0.454 e. The summed E-state index contributed by atoms with van der Waals surface area (Å²) in [5.74, 6) is -0.138. The highest BCUT2D eigenvalue weighted by atomic mass is 32.2. The van der Waals surface area contributed by atoms with Gasteiger partial charge in [-0.05, 0) is 48.6 Å². The van der Waals surface area contributed by atoms with Crippen LogP contribution < -0.4 is 15.2 Å². The molecule has 2 atom stereocenters. The van der Waals surface area contributed by atoms with Crippen molar-refractivity contribution in [3.05, 3.63) is 58.7 Å². The second kappa shape index (κ2) is 8.47. The molecule has 3 amide bonds. The Morgan fingerprint density at radius 3 is 2.50 bits per heavy atom. The normalized spacial score (nSPS) is 24.1. The number of nitrogens with zero attached hydrogens (tertiary/aromatic N) is 1. The molecule has 2 aromatic carbocycles.